The topological polar surface area (TPSA) is 84.0 Å². The number of methoxy groups -OCH3 is 1. The predicted octanol–water partition coefficient (Wildman–Crippen LogP) is 2.45. The molecule has 0 N–H and O–H groups in total. The lowest BCUT2D eigenvalue weighted by Crippen LogP contribution is -2.36. The maximum absolute atomic E-state index is 13.1. The Morgan fingerprint density at radius 1 is 1.10 bits per heavy atom. The minimum Gasteiger partial charge on any atom is -0.497 e. The van der Waals surface area contributed by atoms with Crippen molar-refractivity contribution in [3.63, 3.8) is 0 Å². The highest BCUT2D eigenvalue weighted by molar-refractivity contribution is 7.90. The van der Waals surface area contributed by atoms with Gasteiger partial charge in [-0.3, -0.25) is 9.59 Å². The highest BCUT2D eigenvalue weighted by Gasteiger charge is 2.43. The van der Waals surface area contributed by atoms with Gasteiger partial charge >= 0.3 is 0 Å². The molecule has 0 saturated carbocycles. The molecule has 0 aromatic heterocycles. The van der Waals surface area contributed by atoms with Crippen molar-refractivity contribution < 1.29 is 22.7 Å². The molecule has 2 aromatic carbocycles. The number of sulfonamides is 1. The zero-order valence-corrected chi connectivity index (χ0v) is 17.3. The summed E-state index contributed by atoms with van der Waals surface area (Å²) in [7, 11) is -2.35. The molecular formula is C21H22N2O5S. The second-order valence-corrected chi connectivity index (χ2v) is 9.31. The molecule has 2 heterocycles. The van der Waals surface area contributed by atoms with Gasteiger partial charge < -0.3 is 9.64 Å². The molecule has 2 aromatic rings. The molecule has 152 valence electrons. The third kappa shape index (κ3) is 3.07. The van der Waals surface area contributed by atoms with Crippen molar-refractivity contribution in [1.29, 1.82) is 0 Å². The molecule has 0 bridgehead atoms. The lowest BCUT2D eigenvalue weighted by atomic mass is 9.98. The molecule has 2 amide bonds. The number of fused-ring (bicyclic) bond motifs is 2. The fourth-order valence-corrected chi connectivity index (χ4v) is 5.70. The molecule has 0 fully saturated rings. The summed E-state index contributed by atoms with van der Waals surface area (Å²) in [5, 5.41) is 0. The van der Waals surface area contributed by atoms with Gasteiger partial charge in [0, 0.05) is 24.7 Å². The summed E-state index contributed by atoms with van der Waals surface area (Å²) in [6, 6.07) is 9.62. The number of carbonyl (C=O) groups excluding carboxylic acids is 2. The largest absolute Gasteiger partial charge is 0.497 e. The molecule has 0 spiro atoms. The predicted molar refractivity (Wildman–Crippen MR) is 106 cm³/mol. The molecule has 7 nitrogen and oxygen atoms in total. The van der Waals surface area contributed by atoms with Crippen molar-refractivity contribution >= 4 is 21.8 Å². The van der Waals surface area contributed by atoms with E-state index in [4.69, 9.17) is 4.74 Å². The fourth-order valence-electron chi connectivity index (χ4n) is 3.91. The van der Waals surface area contributed by atoms with Gasteiger partial charge in [-0.15, -0.1) is 0 Å². The molecule has 0 unspecified atom stereocenters. The van der Waals surface area contributed by atoms with E-state index in [0.29, 0.717) is 19.5 Å². The van der Waals surface area contributed by atoms with Crippen LogP contribution >= 0.6 is 0 Å². The first kappa shape index (κ1) is 19.4. The number of amides is 2. The summed E-state index contributed by atoms with van der Waals surface area (Å²) in [6.07, 6.45) is 0.716. The summed E-state index contributed by atoms with van der Waals surface area (Å²) in [6.45, 7) is 4.25. The number of nitrogens with zero attached hydrogens (tertiary/aromatic N) is 2. The van der Waals surface area contributed by atoms with Crippen molar-refractivity contribution in [2.24, 2.45) is 0 Å². The van der Waals surface area contributed by atoms with Crippen molar-refractivity contribution in [1.82, 2.24) is 9.21 Å². The van der Waals surface area contributed by atoms with Gasteiger partial charge in [0.25, 0.3) is 21.8 Å². The SMILES string of the molecule is COc1ccc2c(c1)CN(C(=O)c1ccc3c(c1)S(=O)(=O)N(C(C)C)C3=O)CC2. The maximum Gasteiger partial charge on any atom is 0.269 e. The van der Waals surface area contributed by atoms with E-state index in [0.717, 1.165) is 15.6 Å². The average molecular weight is 414 g/mol. The monoisotopic (exact) mass is 414 g/mol. The number of hydrogen-bond acceptors (Lipinski definition) is 5. The number of hydrogen-bond donors (Lipinski definition) is 0. The van der Waals surface area contributed by atoms with E-state index in [2.05, 4.69) is 0 Å². The van der Waals surface area contributed by atoms with E-state index in [1.165, 1.54) is 23.8 Å². The van der Waals surface area contributed by atoms with Gasteiger partial charge in [0.05, 0.1) is 12.7 Å². The van der Waals surface area contributed by atoms with Crippen LogP contribution in [0.15, 0.2) is 41.3 Å². The van der Waals surface area contributed by atoms with Crippen LogP contribution in [0.1, 0.15) is 45.7 Å². The van der Waals surface area contributed by atoms with Gasteiger partial charge in [-0.1, -0.05) is 6.07 Å². The lowest BCUT2D eigenvalue weighted by Gasteiger charge is -2.29. The van der Waals surface area contributed by atoms with Crippen LogP contribution in [-0.2, 0) is 23.0 Å². The minimum atomic E-state index is -3.94. The quantitative estimate of drug-likeness (QED) is 0.770. The fraction of sp³-hybridized carbons (Fsp3) is 0.333. The zero-order valence-electron chi connectivity index (χ0n) is 16.5. The molecule has 29 heavy (non-hydrogen) atoms. The molecule has 0 radical (unpaired) electrons. The highest BCUT2D eigenvalue weighted by Crippen LogP contribution is 2.33. The van der Waals surface area contributed by atoms with E-state index < -0.39 is 22.0 Å². The van der Waals surface area contributed by atoms with Gasteiger partial charge in [0.2, 0.25) is 0 Å². The van der Waals surface area contributed by atoms with Crippen molar-refractivity contribution in [3.05, 3.63) is 58.7 Å². The average Bonchev–Trinajstić information content (AvgIpc) is 2.91. The minimum absolute atomic E-state index is 0.0962. The van der Waals surface area contributed by atoms with Crippen LogP contribution < -0.4 is 4.74 Å². The first-order valence-electron chi connectivity index (χ1n) is 9.42. The number of rotatable bonds is 3. The number of ether oxygens (including phenoxy) is 1. The Morgan fingerprint density at radius 2 is 1.86 bits per heavy atom. The molecule has 8 heteroatoms. The van der Waals surface area contributed by atoms with Crippen LogP contribution in [0, 0.1) is 0 Å². The van der Waals surface area contributed by atoms with Gasteiger partial charge in [0.15, 0.2) is 0 Å². The summed E-state index contributed by atoms with van der Waals surface area (Å²) in [5.74, 6) is -0.0751. The normalized spacial score (nSPS) is 17.3. The first-order valence-corrected chi connectivity index (χ1v) is 10.9. The summed E-state index contributed by atoms with van der Waals surface area (Å²) >= 11 is 0. The Labute approximate surface area is 169 Å². The molecule has 0 atom stereocenters. The maximum atomic E-state index is 13.1. The summed E-state index contributed by atoms with van der Waals surface area (Å²) in [4.78, 5) is 27.1. The van der Waals surface area contributed by atoms with E-state index in [9.17, 15) is 18.0 Å². The Hall–Kier alpha value is -2.87. The van der Waals surface area contributed by atoms with Crippen LogP contribution in [0.4, 0.5) is 0 Å². The lowest BCUT2D eigenvalue weighted by molar-refractivity contribution is 0.0733. The van der Waals surface area contributed by atoms with Gasteiger partial charge in [-0.25, -0.2) is 12.7 Å². The van der Waals surface area contributed by atoms with Crippen molar-refractivity contribution in [2.75, 3.05) is 13.7 Å². The van der Waals surface area contributed by atoms with Gasteiger partial charge in [0.1, 0.15) is 10.6 Å². The van der Waals surface area contributed by atoms with E-state index in [1.54, 1.807) is 25.9 Å². The third-order valence-corrected chi connectivity index (χ3v) is 7.38. The summed E-state index contributed by atoms with van der Waals surface area (Å²) in [5.41, 5.74) is 2.56. The number of benzene rings is 2. The van der Waals surface area contributed by atoms with E-state index in [-0.39, 0.29) is 21.9 Å². The Bertz CT molecular complexity index is 1120. The number of carbonyl (C=O) groups is 2. The van der Waals surface area contributed by atoms with Crippen LogP contribution in [-0.4, -0.2) is 49.1 Å². The van der Waals surface area contributed by atoms with Crippen LogP contribution in [0.5, 0.6) is 5.75 Å². The van der Waals surface area contributed by atoms with Gasteiger partial charge in [-0.05, 0) is 61.7 Å². The molecule has 0 saturated heterocycles. The van der Waals surface area contributed by atoms with Crippen LogP contribution in [0.3, 0.4) is 0 Å². The zero-order chi connectivity index (χ0) is 20.9. The van der Waals surface area contributed by atoms with Crippen molar-refractivity contribution in [2.45, 2.75) is 37.8 Å². The van der Waals surface area contributed by atoms with Crippen LogP contribution in [0.2, 0.25) is 0 Å². The molecule has 2 aliphatic heterocycles. The Balaban J connectivity index is 1.65. The second-order valence-electron chi connectivity index (χ2n) is 7.52. The third-order valence-electron chi connectivity index (χ3n) is 5.38. The van der Waals surface area contributed by atoms with E-state index >= 15 is 0 Å². The molecule has 4 rings (SSSR count). The van der Waals surface area contributed by atoms with Crippen LogP contribution in [0.25, 0.3) is 0 Å². The standard InChI is InChI=1S/C21H22N2O5S/c1-13(2)23-21(25)18-7-5-15(11-19(18)29(23,26)27)20(24)22-9-8-14-4-6-17(28-3)10-16(14)12-22/h4-7,10-11,13H,8-9,12H2,1-3H3. The Kier molecular flexibility index (Phi) is 4.61. The Morgan fingerprint density at radius 3 is 2.55 bits per heavy atom. The van der Waals surface area contributed by atoms with Crippen molar-refractivity contribution in [3.8, 4) is 5.75 Å². The molecule has 2 aliphatic rings. The highest BCUT2D eigenvalue weighted by atomic mass is 32.2. The molecule has 0 aliphatic carbocycles. The van der Waals surface area contributed by atoms with E-state index in [1.807, 2.05) is 18.2 Å². The second kappa shape index (κ2) is 6.88. The molecular weight excluding hydrogens is 392 g/mol. The van der Waals surface area contributed by atoms with Gasteiger partial charge in [-0.2, -0.15) is 0 Å². The first-order chi connectivity index (χ1) is 13.7. The summed E-state index contributed by atoms with van der Waals surface area (Å²) < 4.78 is 31.7. The smallest absolute Gasteiger partial charge is 0.269 e.